The van der Waals surface area contributed by atoms with E-state index < -0.39 is 65.5 Å². The van der Waals surface area contributed by atoms with Gasteiger partial charge in [-0.05, 0) is 87.2 Å². The van der Waals surface area contributed by atoms with E-state index in [1.54, 1.807) is 13.1 Å². The minimum atomic E-state index is -3.46. The predicted molar refractivity (Wildman–Crippen MR) is 223 cm³/mol. The number of nitrogens with two attached hydrogens (primary N) is 1. The standard InChI is InChI=1S/C45H45N7O4Si/c1-57(2)38-24-31(51-19-3-4-20-51)13-16-34(38)40(35-17-14-32(25-39(35)57)52-21-5-6-22-52)36-23-30(12-15-33(36)44(54)55)37(53)18-11-28-7-9-29(10-8-28)26-56-43-41-42(48-27-47-41)49-45(46)50-43/h7-10,12-17,23-25,27H,3-6,11,18-22,26H2,1-2H3,(H3-,46,47,48,49,50,54,55)/i3D2,4D2,5D2,6D2,19D2,20D2,21D2,22D2. The highest BCUT2D eigenvalue weighted by Gasteiger charge is 2.41. The molecule has 0 saturated carbocycles. The summed E-state index contributed by atoms with van der Waals surface area (Å²) < 4.78 is 144. The largest absolute Gasteiger partial charge is 0.545 e. The topological polar surface area (TPSA) is 153 Å². The molecule has 12 heteroatoms. The molecular formula is C45H45N7O4Si. The number of carboxylic acid groups (broad SMARTS) is 1. The normalized spacial score (nSPS) is 28.5. The summed E-state index contributed by atoms with van der Waals surface area (Å²) in [5.74, 6) is -1.82. The zero-order chi connectivity index (χ0) is 53.6. The van der Waals surface area contributed by atoms with Crippen LogP contribution in [0.15, 0.2) is 96.0 Å². The number of Topliss-reactive ketones (excluding diaryl/α,β-unsaturated/α-hetero) is 1. The van der Waals surface area contributed by atoms with Crippen molar-refractivity contribution in [2.45, 2.75) is 58.0 Å². The van der Waals surface area contributed by atoms with Gasteiger partial charge >= 0.3 is 0 Å². The quantitative estimate of drug-likeness (QED) is 0.109. The summed E-state index contributed by atoms with van der Waals surface area (Å²) in [5, 5.41) is 13.7. The lowest BCUT2D eigenvalue weighted by Gasteiger charge is -2.38. The molecule has 0 atom stereocenters. The number of carbonyl (C=O) groups excluding carboxylic acids is 2. The molecule has 4 aliphatic rings. The molecule has 1 aliphatic carbocycles. The predicted octanol–water partition coefficient (Wildman–Crippen LogP) is 5.31. The average molecular weight is 792 g/mol. The average Bonchev–Trinajstić information content (AvgIpc) is 3.82. The number of carbonyl (C=O) groups is 2. The third-order valence-corrected chi connectivity index (χ3v) is 13.9. The van der Waals surface area contributed by atoms with Crippen molar-refractivity contribution in [1.29, 1.82) is 0 Å². The Bertz CT molecular complexity index is 3280. The van der Waals surface area contributed by atoms with Gasteiger partial charge in [0.1, 0.15) is 38.7 Å². The number of nitrogens with zero attached hydrogens (tertiary/aromatic N) is 5. The lowest BCUT2D eigenvalue weighted by molar-refractivity contribution is -0.504. The molecule has 11 nitrogen and oxygen atoms in total. The summed E-state index contributed by atoms with van der Waals surface area (Å²) in [5.41, 5.74) is 8.04. The molecule has 2 saturated heterocycles. The van der Waals surface area contributed by atoms with Crippen LogP contribution in [0.1, 0.15) is 96.8 Å². The number of benzene rings is 3. The molecule has 0 bridgehead atoms. The van der Waals surface area contributed by atoms with Crippen LogP contribution in [0.5, 0.6) is 5.88 Å². The Labute approximate surface area is 354 Å². The maximum atomic E-state index is 14.1. The van der Waals surface area contributed by atoms with Crippen LogP contribution >= 0.6 is 0 Å². The molecule has 5 aromatic rings. The van der Waals surface area contributed by atoms with E-state index >= 15 is 0 Å². The van der Waals surface area contributed by atoms with Gasteiger partial charge in [-0.2, -0.15) is 9.97 Å². The van der Waals surface area contributed by atoms with E-state index in [1.807, 2.05) is 24.3 Å². The monoisotopic (exact) mass is 791 g/mol. The van der Waals surface area contributed by atoms with Crippen LogP contribution in [-0.4, -0.2) is 76.0 Å². The van der Waals surface area contributed by atoms with Gasteiger partial charge in [0, 0.05) is 77.6 Å². The number of aromatic amines is 1. The number of nitrogens with one attached hydrogen (secondary N) is 1. The number of aromatic carboxylic acids is 1. The second-order valence-electron chi connectivity index (χ2n) is 14.1. The SMILES string of the molecule is [2H]C1([2H])N(c2ccc3c(c2)[Si](C)(C)C2=CC(=[N+]4C([2H])([2H])C([2H])([2H])C([2H])([2H])C4([2H])[2H])C=CC2=C3c2cc(C(=O)CCc3ccc(COc4nc(N)nc5nc[nH]c45)cc3)ccc2C(=O)[O-])C([2H])([2H])C([2H])([2H])C1([2H])[2H]. The summed E-state index contributed by atoms with van der Waals surface area (Å²) in [6.07, 6.45) is -7.87. The summed E-state index contributed by atoms with van der Waals surface area (Å²) >= 11 is 0. The van der Waals surface area contributed by atoms with Crippen LogP contribution in [0.3, 0.4) is 0 Å². The van der Waals surface area contributed by atoms with E-state index in [2.05, 4.69) is 19.9 Å². The number of carboxylic acids is 1. The minimum Gasteiger partial charge on any atom is -0.545 e. The van der Waals surface area contributed by atoms with Crippen LogP contribution in [0.25, 0.3) is 16.7 Å². The van der Waals surface area contributed by atoms with Crippen LogP contribution in [0, 0.1) is 0 Å². The first-order valence-corrected chi connectivity index (χ1v) is 21.0. The number of ketones is 1. The number of hydrogen-bond donors (Lipinski definition) is 2. The van der Waals surface area contributed by atoms with Crippen molar-refractivity contribution in [3.8, 4) is 5.88 Å². The third-order valence-electron chi connectivity index (χ3n) is 10.3. The first kappa shape index (κ1) is 22.6. The third kappa shape index (κ3) is 6.88. The number of anilines is 2. The van der Waals surface area contributed by atoms with E-state index in [-0.39, 0.29) is 70.7 Å². The molecular weight excluding hydrogens is 731 g/mol. The number of aryl methyl sites for hydroxylation is 1. The Morgan fingerprint density at radius 2 is 1.74 bits per heavy atom. The van der Waals surface area contributed by atoms with Crippen molar-refractivity contribution in [3.63, 3.8) is 0 Å². The second-order valence-corrected chi connectivity index (χ2v) is 18.5. The summed E-state index contributed by atoms with van der Waals surface area (Å²) in [6, 6.07) is 15.2. The smallest absolute Gasteiger partial charge is 0.245 e. The molecule has 3 aliphatic heterocycles. The number of allylic oxidation sites excluding steroid dienone is 5. The maximum absolute atomic E-state index is 14.1. The fraction of sp³-hybridized carbons (Fsp3) is 0.289. The van der Waals surface area contributed by atoms with Crippen LogP contribution < -0.4 is 25.7 Å². The van der Waals surface area contributed by atoms with Gasteiger partial charge in [-0.25, -0.2) is 9.56 Å². The van der Waals surface area contributed by atoms with Crippen molar-refractivity contribution in [2.24, 2.45) is 0 Å². The highest BCUT2D eigenvalue weighted by atomic mass is 28.3. The molecule has 2 fully saturated rings. The molecule has 0 spiro atoms. The van der Waals surface area contributed by atoms with E-state index in [9.17, 15) is 14.7 Å². The second kappa shape index (κ2) is 14.7. The van der Waals surface area contributed by atoms with E-state index in [0.29, 0.717) is 42.2 Å². The number of hydrogen-bond acceptors (Lipinski definition) is 9. The van der Waals surface area contributed by atoms with E-state index in [4.69, 9.17) is 32.4 Å². The number of ether oxygens (including phenoxy) is 1. The van der Waals surface area contributed by atoms with Crippen molar-refractivity contribution in [1.82, 2.24) is 19.9 Å². The molecule has 288 valence electrons. The molecule has 9 rings (SSSR count). The number of imidazole rings is 1. The number of nitrogen functional groups attached to an aromatic ring is 1. The van der Waals surface area contributed by atoms with Crippen LogP contribution in [-0.2, 0) is 13.0 Å². The number of aromatic nitrogens is 4. The molecule has 57 heavy (non-hydrogen) atoms. The maximum Gasteiger partial charge on any atom is 0.245 e. The lowest BCUT2D eigenvalue weighted by atomic mass is 9.85. The fourth-order valence-corrected chi connectivity index (χ4v) is 10.5. The highest BCUT2D eigenvalue weighted by molar-refractivity contribution is 6.98. The van der Waals surface area contributed by atoms with Crippen molar-refractivity contribution in [3.05, 3.63) is 129 Å². The molecule has 5 heterocycles. The highest BCUT2D eigenvalue weighted by Crippen LogP contribution is 2.43. The van der Waals surface area contributed by atoms with Crippen molar-refractivity contribution >= 4 is 59.1 Å². The van der Waals surface area contributed by atoms with Gasteiger partial charge in [-0.1, -0.05) is 55.6 Å². The zero-order valence-corrected chi connectivity index (χ0v) is 31.7. The first-order chi connectivity index (χ1) is 33.7. The van der Waals surface area contributed by atoms with Crippen molar-refractivity contribution in [2.75, 3.05) is 36.6 Å². The van der Waals surface area contributed by atoms with Gasteiger partial charge in [0.25, 0.3) is 0 Å². The van der Waals surface area contributed by atoms with Crippen LogP contribution in [0.2, 0.25) is 13.1 Å². The molecule has 3 N–H and O–H groups in total. The first-order valence-electron chi connectivity index (χ1n) is 26.0. The van der Waals surface area contributed by atoms with E-state index in [1.165, 1.54) is 61.0 Å². The number of fused-ring (bicyclic) bond motifs is 3. The Balaban J connectivity index is 1.14. The Morgan fingerprint density at radius 3 is 2.51 bits per heavy atom. The number of H-pyrrole nitrogens is 1. The lowest BCUT2D eigenvalue weighted by Crippen LogP contribution is -2.50. The molecule has 3 aromatic carbocycles. The Morgan fingerprint density at radius 1 is 0.965 bits per heavy atom. The van der Waals surface area contributed by atoms with Gasteiger partial charge < -0.3 is 30.3 Å². The number of rotatable bonds is 10. The van der Waals surface area contributed by atoms with Gasteiger partial charge in [-0.3, -0.25) is 4.79 Å². The van der Waals surface area contributed by atoms with Gasteiger partial charge in [0.15, 0.2) is 17.1 Å². The van der Waals surface area contributed by atoms with Crippen molar-refractivity contribution < 1.29 is 45.9 Å². The Hall–Kier alpha value is -6.14. The summed E-state index contributed by atoms with van der Waals surface area (Å²) in [6.45, 7) is -9.47. The fourth-order valence-electron chi connectivity index (χ4n) is 7.43. The van der Waals surface area contributed by atoms with Gasteiger partial charge in [0.2, 0.25) is 11.8 Å². The molecule has 2 aromatic heterocycles. The summed E-state index contributed by atoms with van der Waals surface area (Å²) in [4.78, 5) is 42.7. The van der Waals surface area contributed by atoms with Crippen LogP contribution in [0.4, 0.5) is 11.6 Å². The minimum absolute atomic E-state index is 0.00794. The van der Waals surface area contributed by atoms with Gasteiger partial charge in [-0.15, -0.1) is 0 Å². The molecule has 0 radical (unpaired) electrons. The van der Waals surface area contributed by atoms with E-state index in [0.717, 1.165) is 11.1 Å². The Kier molecular flexibility index (Phi) is 5.83. The molecule has 0 amide bonds. The van der Waals surface area contributed by atoms with Gasteiger partial charge in [0.05, 0.1) is 12.3 Å². The zero-order valence-electron chi connectivity index (χ0n) is 46.7. The summed E-state index contributed by atoms with van der Waals surface area (Å²) in [7, 11) is -3.46. The molecule has 0 unspecified atom stereocenters.